The molecule has 28 heavy (non-hydrogen) atoms. The summed E-state index contributed by atoms with van der Waals surface area (Å²) in [6, 6.07) is 7.94. The highest BCUT2D eigenvalue weighted by molar-refractivity contribution is 7.20. The van der Waals surface area contributed by atoms with Gasteiger partial charge in [-0.15, -0.1) is 0 Å². The lowest BCUT2D eigenvalue weighted by Gasteiger charge is -2.31. The molecule has 1 aliphatic rings. The molecule has 0 spiro atoms. The van der Waals surface area contributed by atoms with Crippen LogP contribution in [0.3, 0.4) is 0 Å². The van der Waals surface area contributed by atoms with E-state index >= 15 is 0 Å². The average Bonchev–Trinajstić information content (AvgIpc) is 3.07. The smallest absolute Gasteiger partial charge is 0.274 e. The van der Waals surface area contributed by atoms with Crippen LogP contribution < -0.4 is 4.74 Å². The minimum Gasteiger partial charge on any atom is -0.467 e. The fraction of sp³-hybridized carbons (Fsp3) is 0.300. The molecule has 8 heteroatoms. The number of hydrogen-bond donors (Lipinski definition) is 0. The zero-order chi connectivity index (χ0) is 19.7. The molecule has 1 amide bonds. The number of hydrogen-bond acceptors (Lipinski definition) is 4. The van der Waals surface area contributed by atoms with Crippen LogP contribution in [-0.4, -0.2) is 35.0 Å². The summed E-state index contributed by atoms with van der Waals surface area (Å²) in [5, 5.41) is 0.301. The van der Waals surface area contributed by atoms with E-state index in [0.717, 1.165) is 23.0 Å². The van der Waals surface area contributed by atoms with Crippen LogP contribution in [0.2, 0.25) is 0 Å². The Balaban J connectivity index is 1.33. The number of nitrogens with zero attached hydrogens (tertiary/aromatic N) is 2. The third-order valence-corrected chi connectivity index (χ3v) is 5.62. The van der Waals surface area contributed by atoms with Crippen LogP contribution in [0.15, 0.2) is 36.4 Å². The molecule has 4 rings (SSSR count). The van der Waals surface area contributed by atoms with Gasteiger partial charge in [0.25, 0.3) is 5.19 Å². The molecule has 0 unspecified atom stereocenters. The van der Waals surface area contributed by atoms with Crippen molar-refractivity contribution in [2.45, 2.75) is 25.4 Å². The fourth-order valence-electron chi connectivity index (χ4n) is 3.24. The van der Waals surface area contributed by atoms with E-state index in [0.29, 0.717) is 35.8 Å². The molecular weight excluding hydrogens is 389 g/mol. The summed E-state index contributed by atoms with van der Waals surface area (Å²) in [5.74, 6) is -1.69. The van der Waals surface area contributed by atoms with E-state index < -0.39 is 11.6 Å². The van der Waals surface area contributed by atoms with Crippen LogP contribution in [0.25, 0.3) is 10.2 Å². The molecule has 1 aromatic heterocycles. The Labute approximate surface area is 163 Å². The van der Waals surface area contributed by atoms with Gasteiger partial charge in [0.2, 0.25) is 5.91 Å². The Hall–Kier alpha value is -2.61. The van der Waals surface area contributed by atoms with Gasteiger partial charge in [-0.3, -0.25) is 4.79 Å². The topological polar surface area (TPSA) is 42.4 Å². The molecule has 1 fully saturated rings. The SMILES string of the molecule is O=C(Cc1ccc(F)cc1)N1CCC(Oc2nc3c(F)cc(F)cc3s2)CC1. The van der Waals surface area contributed by atoms with Crippen LogP contribution in [0, 0.1) is 17.5 Å². The maximum Gasteiger partial charge on any atom is 0.274 e. The van der Waals surface area contributed by atoms with E-state index in [1.807, 2.05) is 0 Å². The molecule has 0 radical (unpaired) electrons. The average molecular weight is 406 g/mol. The van der Waals surface area contributed by atoms with Crippen molar-refractivity contribution in [3.05, 3.63) is 59.4 Å². The lowest BCUT2D eigenvalue weighted by Crippen LogP contribution is -2.42. The van der Waals surface area contributed by atoms with Gasteiger partial charge in [0, 0.05) is 32.0 Å². The van der Waals surface area contributed by atoms with E-state index in [2.05, 4.69) is 4.98 Å². The van der Waals surface area contributed by atoms with Gasteiger partial charge >= 0.3 is 0 Å². The van der Waals surface area contributed by atoms with Gasteiger partial charge in [-0.05, 0) is 23.8 Å². The molecular formula is C20H17F3N2O2S. The molecule has 3 aromatic rings. The molecule has 0 saturated carbocycles. The number of thiazole rings is 1. The summed E-state index contributed by atoms with van der Waals surface area (Å²) >= 11 is 1.10. The van der Waals surface area contributed by atoms with Gasteiger partial charge in [0.05, 0.1) is 11.1 Å². The molecule has 1 saturated heterocycles. The molecule has 2 aromatic carbocycles. The number of ether oxygens (including phenoxy) is 1. The second kappa shape index (κ2) is 7.79. The van der Waals surface area contributed by atoms with Crippen molar-refractivity contribution in [2.24, 2.45) is 0 Å². The Morgan fingerprint density at radius 3 is 2.54 bits per heavy atom. The largest absolute Gasteiger partial charge is 0.467 e. The van der Waals surface area contributed by atoms with E-state index in [1.165, 1.54) is 18.2 Å². The number of benzene rings is 2. The third kappa shape index (κ3) is 4.11. The number of fused-ring (bicyclic) bond motifs is 1. The zero-order valence-corrected chi connectivity index (χ0v) is 15.6. The quantitative estimate of drug-likeness (QED) is 0.648. The van der Waals surface area contributed by atoms with Crippen LogP contribution in [0.1, 0.15) is 18.4 Å². The number of aromatic nitrogens is 1. The first-order chi connectivity index (χ1) is 13.5. The highest BCUT2D eigenvalue weighted by Gasteiger charge is 2.25. The molecule has 2 heterocycles. The predicted octanol–water partition coefficient (Wildman–Crippen LogP) is 4.33. The van der Waals surface area contributed by atoms with Gasteiger partial charge in [-0.1, -0.05) is 23.5 Å². The van der Waals surface area contributed by atoms with Crippen molar-refractivity contribution in [1.82, 2.24) is 9.88 Å². The summed E-state index contributed by atoms with van der Waals surface area (Å²) in [6.45, 7) is 1.08. The molecule has 0 bridgehead atoms. The van der Waals surface area contributed by atoms with Gasteiger partial charge in [0.15, 0.2) is 5.82 Å². The van der Waals surface area contributed by atoms with E-state index in [1.54, 1.807) is 17.0 Å². The Kier molecular flexibility index (Phi) is 5.21. The first-order valence-electron chi connectivity index (χ1n) is 8.92. The Morgan fingerprint density at radius 2 is 1.82 bits per heavy atom. The number of amides is 1. The molecule has 146 valence electrons. The minimum absolute atomic E-state index is 0.0115. The molecule has 4 nitrogen and oxygen atoms in total. The standard InChI is InChI=1S/C20H17F3N2O2S/c21-13-3-1-12(2-4-13)9-18(26)25-7-5-15(6-8-25)27-20-24-19-16(23)10-14(22)11-17(19)28-20/h1-4,10-11,15H,5-9H2. The van der Waals surface area contributed by atoms with Gasteiger partial charge < -0.3 is 9.64 Å². The van der Waals surface area contributed by atoms with Gasteiger partial charge in [-0.2, -0.15) is 4.98 Å². The second-order valence-corrected chi connectivity index (χ2v) is 7.71. The van der Waals surface area contributed by atoms with Crippen molar-refractivity contribution in [3.8, 4) is 5.19 Å². The van der Waals surface area contributed by atoms with Gasteiger partial charge in [0.1, 0.15) is 23.3 Å². The number of rotatable bonds is 4. The molecule has 1 aliphatic heterocycles. The maximum absolute atomic E-state index is 13.8. The third-order valence-electron chi connectivity index (χ3n) is 4.72. The zero-order valence-electron chi connectivity index (χ0n) is 14.8. The number of halogens is 3. The van der Waals surface area contributed by atoms with Gasteiger partial charge in [-0.25, -0.2) is 13.2 Å². The first-order valence-corrected chi connectivity index (χ1v) is 9.74. The highest BCUT2D eigenvalue weighted by atomic mass is 32.1. The van der Waals surface area contributed by atoms with Crippen molar-refractivity contribution >= 4 is 27.5 Å². The first kappa shape index (κ1) is 18.7. The number of likely N-dealkylation sites (tertiary alicyclic amines) is 1. The summed E-state index contributed by atoms with van der Waals surface area (Å²) in [4.78, 5) is 18.3. The van der Waals surface area contributed by atoms with Crippen molar-refractivity contribution in [3.63, 3.8) is 0 Å². The number of carbonyl (C=O) groups is 1. The van der Waals surface area contributed by atoms with E-state index in [-0.39, 0.29) is 29.8 Å². The lowest BCUT2D eigenvalue weighted by molar-refractivity contribution is -0.132. The van der Waals surface area contributed by atoms with Crippen LogP contribution in [-0.2, 0) is 11.2 Å². The predicted molar refractivity (Wildman–Crippen MR) is 99.9 cm³/mol. The van der Waals surface area contributed by atoms with Crippen LogP contribution >= 0.6 is 11.3 Å². The fourth-order valence-corrected chi connectivity index (χ4v) is 4.16. The second-order valence-electron chi connectivity index (χ2n) is 6.72. The van der Waals surface area contributed by atoms with Crippen molar-refractivity contribution in [1.29, 1.82) is 0 Å². The Morgan fingerprint density at radius 1 is 1.11 bits per heavy atom. The monoisotopic (exact) mass is 406 g/mol. The summed E-state index contributed by atoms with van der Waals surface area (Å²) < 4.78 is 46.3. The molecule has 0 aliphatic carbocycles. The lowest BCUT2D eigenvalue weighted by atomic mass is 10.1. The van der Waals surface area contributed by atoms with Crippen LogP contribution in [0.4, 0.5) is 13.2 Å². The highest BCUT2D eigenvalue weighted by Crippen LogP contribution is 2.32. The summed E-state index contributed by atoms with van der Waals surface area (Å²) in [7, 11) is 0. The van der Waals surface area contributed by atoms with E-state index in [4.69, 9.17) is 4.74 Å². The van der Waals surface area contributed by atoms with E-state index in [9.17, 15) is 18.0 Å². The molecule has 0 N–H and O–H groups in total. The maximum atomic E-state index is 13.8. The van der Waals surface area contributed by atoms with Crippen molar-refractivity contribution in [2.75, 3.05) is 13.1 Å². The summed E-state index contributed by atoms with van der Waals surface area (Å²) in [6.07, 6.45) is 1.35. The normalized spacial score (nSPS) is 15.2. The number of piperidine rings is 1. The molecule has 0 atom stereocenters. The minimum atomic E-state index is -0.706. The van der Waals surface area contributed by atoms with Crippen molar-refractivity contribution < 1.29 is 22.7 Å². The van der Waals surface area contributed by atoms with Crippen LogP contribution in [0.5, 0.6) is 5.19 Å². The number of carbonyl (C=O) groups excluding carboxylic acids is 1. The Bertz CT molecular complexity index is 999. The summed E-state index contributed by atoms with van der Waals surface area (Å²) in [5.41, 5.74) is 0.877.